The Morgan fingerprint density at radius 2 is 1.31 bits per heavy atom. The smallest absolute Gasteiger partial charge is 0.283 e. The van der Waals surface area contributed by atoms with Gasteiger partial charge >= 0.3 is 0 Å². The lowest BCUT2D eigenvalue weighted by molar-refractivity contribution is 0.0305. The molecule has 1 amide bonds. The van der Waals surface area contributed by atoms with Crippen molar-refractivity contribution in [2.75, 3.05) is 39.8 Å². The van der Waals surface area contributed by atoms with E-state index in [1.54, 1.807) is 49.4 Å². The van der Waals surface area contributed by atoms with E-state index in [1.807, 2.05) is 32.2 Å². The van der Waals surface area contributed by atoms with Crippen LogP contribution >= 0.6 is 22.9 Å². The summed E-state index contributed by atoms with van der Waals surface area (Å²) in [6, 6.07) is 11.5. The summed E-state index contributed by atoms with van der Waals surface area (Å²) in [5.41, 5.74) is 16.1. The molecule has 6 aliphatic rings. The maximum atomic E-state index is 14.7. The second-order valence-electron chi connectivity index (χ2n) is 22.0. The van der Waals surface area contributed by atoms with Crippen molar-refractivity contribution in [2.24, 2.45) is 32.2 Å². The summed E-state index contributed by atoms with van der Waals surface area (Å²) < 4.78 is 116. The number of halogens is 3. The third-order valence-electron chi connectivity index (χ3n) is 14.5. The van der Waals surface area contributed by atoms with Crippen molar-refractivity contribution in [3.05, 3.63) is 147 Å². The fourth-order valence-corrected chi connectivity index (χ4v) is 18.7. The van der Waals surface area contributed by atoms with Crippen LogP contribution in [0, 0.1) is 30.0 Å². The summed E-state index contributed by atoms with van der Waals surface area (Å²) in [4.78, 5) is 42.5. The summed E-state index contributed by atoms with van der Waals surface area (Å²) in [5, 5.41) is 7.51. The third kappa shape index (κ3) is 12.3. The van der Waals surface area contributed by atoms with Gasteiger partial charge in [0.15, 0.2) is 29.5 Å². The molecule has 23 nitrogen and oxygen atoms in total. The highest BCUT2D eigenvalue weighted by Gasteiger charge is 2.60. The molecule has 3 spiro atoms. The number of aromatic nitrogens is 5. The molecule has 30 heteroatoms. The lowest BCUT2D eigenvalue weighted by Crippen LogP contribution is -2.63. The molecule has 438 valence electrons. The number of hydrogen-bond acceptors (Lipinski definition) is 21. The Balaban J connectivity index is 0.000000141. The van der Waals surface area contributed by atoms with Crippen LogP contribution in [0.3, 0.4) is 0 Å². The van der Waals surface area contributed by atoms with Crippen molar-refractivity contribution >= 4 is 87.8 Å². The number of pyridine rings is 3. The first-order chi connectivity index (χ1) is 39.4. The summed E-state index contributed by atoms with van der Waals surface area (Å²) in [7, 11) is -9.41. The first-order valence-electron chi connectivity index (χ1n) is 25.4. The number of nitrogens with one attached hydrogen (secondary N) is 1. The van der Waals surface area contributed by atoms with Crippen LogP contribution in [-0.4, -0.2) is 125 Å². The normalized spacial score (nSPS) is 24.6. The predicted octanol–water partition coefficient (Wildman–Crippen LogP) is 5.62. The number of carbonyl (C=O) groups is 1. The Morgan fingerprint density at radius 1 is 0.738 bits per heavy atom. The van der Waals surface area contributed by atoms with Crippen LogP contribution in [0.5, 0.6) is 0 Å². The first kappa shape index (κ1) is 59.1. The molecule has 3 saturated heterocycles. The number of aliphatic imine (C=N–C) groups is 3. The Hall–Kier alpha value is -8.09. The van der Waals surface area contributed by atoms with E-state index in [1.165, 1.54) is 41.8 Å². The van der Waals surface area contributed by atoms with Crippen molar-refractivity contribution in [3.8, 4) is 28.0 Å². The van der Waals surface area contributed by atoms with Crippen molar-refractivity contribution in [1.82, 2.24) is 24.7 Å². The van der Waals surface area contributed by atoms with Crippen molar-refractivity contribution in [1.29, 1.82) is 0 Å². The number of amides is 1. The van der Waals surface area contributed by atoms with Gasteiger partial charge in [-0.25, -0.2) is 63.5 Å². The monoisotopic (exact) mass is 1240 g/mol. The van der Waals surface area contributed by atoms with Gasteiger partial charge in [0.05, 0.1) is 86.3 Å². The molecule has 0 bridgehead atoms. The number of nitrogens with two attached hydrogens (primary N) is 3. The standard InChI is InChI=1S/C19H18F2N4O4S.C18H19N5O3S.C17H15ClN4O3S2/c1-18(8-19(29-17(22)25-18)9-30(27,28)10-19)13-6-12(3-4-14(13)21)24-16(26)15-5-2-11(20)7-23-15;1-3-4-13-5-15(8-20-6-13)23-9-14(7-21-23)17(2)10-18(26-16(19)22-17)11-27(24,25)12-18;1-16(7-17(25-15(19)22-16)8-27(23,24)9-17)14-12(18)4-13(26-14)10-3-11(20-2)6-21-5-10/h2-7H,8-10H2,1H3,(H2,22,25)(H,24,26);5-9H,10-12H2,1-2H3,(H2,19,22);3-6H,7-9H2,1H3,(H2,19,22). The van der Waals surface area contributed by atoms with E-state index in [2.05, 4.69) is 57.0 Å². The largest absolute Gasteiger partial charge is 0.457 e. The second-order valence-corrected chi connectivity index (χ2v) is 29.6. The van der Waals surface area contributed by atoms with Crippen LogP contribution in [0.2, 0.25) is 5.02 Å². The number of ether oxygens (including phenoxy) is 3. The molecule has 3 atom stereocenters. The second kappa shape index (κ2) is 21.2. The summed E-state index contributed by atoms with van der Waals surface area (Å²) >= 11 is 7.94. The lowest BCUT2D eigenvalue weighted by Gasteiger charge is -2.47. The zero-order chi connectivity index (χ0) is 60.5. The zero-order valence-corrected chi connectivity index (χ0v) is 49.2. The van der Waals surface area contributed by atoms with E-state index in [-0.39, 0.29) is 75.9 Å². The molecule has 3 unspecified atom stereocenters. The fourth-order valence-electron chi connectivity index (χ4n) is 11.5. The highest BCUT2D eigenvalue weighted by molar-refractivity contribution is 7.93. The van der Waals surface area contributed by atoms with Crippen molar-refractivity contribution in [3.63, 3.8) is 0 Å². The number of anilines is 1. The molecule has 1 aromatic carbocycles. The topological polar surface area (TPSA) is 335 Å². The molecular weight excluding hydrogens is 1190 g/mol. The van der Waals surface area contributed by atoms with Crippen molar-refractivity contribution < 1.29 is 53.0 Å². The van der Waals surface area contributed by atoms with Gasteiger partial charge in [0.25, 0.3) is 24.0 Å². The molecule has 0 radical (unpaired) electrons. The highest BCUT2D eigenvalue weighted by atomic mass is 35.5. The number of amidine groups is 3. The minimum absolute atomic E-state index is 0.00767. The number of rotatable bonds is 7. The average Bonchev–Trinajstić information content (AvgIpc) is 1.06. The third-order valence-corrected chi connectivity index (χ3v) is 22.1. The fraction of sp³-hybridized carbons (Fsp3) is 0.352. The van der Waals surface area contributed by atoms with Crippen LogP contribution in [0.1, 0.15) is 79.0 Å². The molecule has 0 saturated carbocycles. The van der Waals surface area contributed by atoms with Crippen LogP contribution < -0.4 is 22.5 Å². The molecular formula is C54H52ClF2N13O10S4. The van der Waals surface area contributed by atoms with Gasteiger partial charge in [-0.3, -0.25) is 14.8 Å². The molecule has 11 heterocycles. The molecule has 12 rings (SSSR count). The maximum absolute atomic E-state index is 14.7. The Morgan fingerprint density at radius 3 is 1.88 bits per heavy atom. The molecule has 0 aliphatic carbocycles. The van der Waals surface area contributed by atoms with E-state index in [9.17, 15) is 38.8 Å². The van der Waals surface area contributed by atoms with E-state index in [0.717, 1.165) is 44.4 Å². The maximum Gasteiger partial charge on any atom is 0.283 e. The summed E-state index contributed by atoms with van der Waals surface area (Å²) in [5.74, 6) is 3.38. The highest BCUT2D eigenvalue weighted by Crippen LogP contribution is 2.51. The summed E-state index contributed by atoms with van der Waals surface area (Å²) in [6.07, 6.45) is 11.9. The minimum atomic E-state index is -3.23. The van der Waals surface area contributed by atoms with Gasteiger partial charge < -0.3 is 36.7 Å². The number of nitrogens with zero attached hydrogens (tertiary/aromatic N) is 9. The Bertz CT molecular complexity index is 4220. The van der Waals surface area contributed by atoms with Crippen molar-refractivity contribution in [2.45, 2.75) is 80.4 Å². The molecule has 6 aliphatic heterocycles. The molecule has 7 N–H and O–H groups in total. The molecule has 84 heavy (non-hydrogen) atoms. The average molecular weight is 1240 g/mol. The number of hydrogen-bond donors (Lipinski definition) is 4. The minimum Gasteiger partial charge on any atom is -0.457 e. The van der Waals surface area contributed by atoms with Gasteiger partial charge in [-0.2, -0.15) is 5.10 Å². The number of thiophene rings is 1. The van der Waals surface area contributed by atoms with Gasteiger partial charge in [-0.15, -0.1) is 17.3 Å². The van der Waals surface area contributed by atoms with E-state index in [0.29, 0.717) is 23.6 Å². The zero-order valence-electron chi connectivity index (χ0n) is 45.1. The number of sulfone groups is 3. The molecule has 6 aromatic rings. The molecule has 3 fully saturated rings. The predicted molar refractivity (Wildman–Crippen MR) is 309 cm³/mol. The van der Waals surface area contributed by atoms with Gasteiger partial charge in [-0.05, 0) is 81.8 Å². The first-order valence-corrected chi connectivity index (χ1v) is 32.0. The van der Waals surface area contributed by atoms with Crippen LogP contribution in [-0.2, 0) is 60.3 Å². The van der Waals surface area contributed by atoms with Gasteiger partial charge in [0.1, 0.15) is 39.7 Å². The quantitative estimate of drug-likeness (QED) is 0.111. The summed E-state index contributed by atoms with van der Waals surface area (Å²) in [6.45, 7) is 14.3. The van der Waals surface area contributed by atoms with Crippen LogP contribution in [0.15, 0.2) is 107 Å². The Kier molecular flexibility index (Phi) is 14.9. The van der Waals surface area contributed by atoms with Gasteiger partial charge in [0.2, 0.25) is 5.69 Å². The van der Waals surface area contributed by atoms with Crippen LogP contribution in [0.25, 0.3) is 21.0 Å². The van der Waals surface area contributed by atoms with E-state index < -0.39 is 80.5 Å². The Labute approximate surface area is 490 Å². The van der Waals surface area contributed by atoms with Gasteiger partial charge in [-0.1, -0.05) is 17.5 Å². The SMILES string of the molecule is CC#Cc1cncc(-n2cc(C3(C)CC4(CS(=O)(=O)C4)OC(N)=N3)cn2)c1.CC1(c2cc(NC(=O)c3ccc(F)cn3)ccc2F)CC2(CS(=O)(=O)C2)OC(N)=N1.[C-]#[N+]c1cncc(-c2cc(Cl)c(C3(C)CC4(CS(=O)(=O)C4)OC(N)=N3)s2)c1. The number of carbonyl (C=O) groups excluding carboxylic acids is 1. The van der Waals surface area contributed by atoms with Gasteiger partial charge in [0, 0.05) is 71.3 Å². The molecule has 5 aromatic heterocycles. The van der Waals surface area contributed by atoms with Crippen LogP contribution in [0.4, 0.5) is 20.2 Å². The van der Waals surface area contributed by atoms with E-state index in [4.69, 9.17) is 49.6 Å². The van der Waals surface area contributed by atoms with E-state index >= 15 is 0 Å². The lowest BCUT2D eigenvalue weighted by atomic mass is 9.80. The number of benzene rings is 1.